The molecule has 1 atom stereocenters. The normalized spacial score (nSPS) is 13.2. The van der Waals surface area contributed by atoms with Gasteiger partial charge in [-0.15, -0.1) is 10.2 Å². The van der Waals surface area contributed by atoms with E-state index in [0.29, 0.717) is 5.92 Å². The number of anilines is 1. The molecule has 2 aromatic rings. The van der Waals surface area contributed by atoms with Gasteiger partial charge in [-0.05, 0) is 18.1 Å². The van der Waals surface area contributed by atoms with E-state index in [9.17, 15) is 0 Å². The molecule has 2 aromatic heterocycles. The molecule has 0 aliphatic carbocycles. The number of hydrogen-bond acceptors (Lipinski definition) is 3. The third kappa shape index (κ3) is 1.93. The molecule has 0 saturated carbocycles. The van der Waals surface area contributed by atoms with Gasteiger partial charge in [0.15, 0.2) is 5.65 Å². The van der Waals surface area contributed by atoms with Crippen LogP contribution in [0.4, 0.5) is 5.69 Å². The zero-order chi connectivity index (χ0) is 10.8. The van der Waals surface area contributed by atoms with Crippen LogP contribution in [0.3, 0.4) is 0 Å². The average Bonchev–Trinajstić information content (AvgIpc) is 2.61. The van der Waals surface area contributed by atoms with Crippen LogP contribution >= 0.6 is 0 Å². The Morgan fingerprint density at radius 1 is 1.40 bits per heavy atom. The summed E-state index contributed by atoms with van der Waals surface area (Å²) in [5, 5.41) is 8.29. The van der Waals surface area contributed by atoms with Crippen molar-refractivity contribution in [1.29, 1.82) is 0 Å². The summed E-state index contributed by atoms with van der Waals surface area (Å²) in [5.74, 6) is 1.62. The highest BCUT2D eigenvalue weighted by Crippen LogP contribution is 2.13. The van der Waals surface area contributed by atoms with E-state index in [4.69, 9.17) is 5.73 Å². The molecule has 0 bridgehead atoms. The third-order valence-corrected chi connectivity index (χ3v) is 2.72. The molecule has 0 amide bonds. The number of pyridine rings is 1. The number of nitrogens with two attached hydrogens (primary N) is 1. The Bertz CT molecular complexity index is 461. The molecule has 0 aliphatic rings. The summed E-state index contributed by atoms with van der Waals surface area (Å²) in [7, 11) is 0. The fraction of sp³-hybridized carbons (Fsp3) is 0.455. The Labute approximate surface area is 89.1 Å². The second-order valence-corrected chi connectivity index (χ2v) is 4.02. The molecule has 2 N–H and O–H groups in total. The molecule has 4 heteroatoms. The summed E-state index contributed by atoms with van der Waals surface area (Å²) in [5.41, 5.74) is 7.35. The van der Waals surface area contributed by atoms with Crippen molar-refractivity contribution >= 4 is 11.3 Å². The number of aromatic nitrogens is 3. The van der Waals surface area contributed by atoms with Crippen LogP contribution in [-0.2, 0) is 6.42 Å². The average molecular weight is 204 g/mol. The van der Waals surface area contributed by atoms with E-state index in [-0.39, 0.29) is 0 Å². The highest BCUT2D eigenvalue weighted by atomic mass is 15.2. The zero-order valence-corrected chi connectivity index (χ0v) is 9.14. The van der Waals surface area contributed by atoms with Crippen molar-refractivity contribution in [2.24, 2.45) is 5.92 Å². The minimum atomic E-state index is 0.624. The van der Waals surface area contributed by atoms with Crippen LogP contribution in [0.1, 0.15) is 26.1 Å². The van der Waals surface area contributed by atoms with Crippen molar-refractivity contribution in [3.63, 3.8) is 0 Å². The van der Waals surface area contributed by atoms with Gasteiger partial charge in [0, 0.05) is 18.3 Å². The molecule has 1 unspecified atom stereocenters. The van der Waals surface area contributed by atoms with Crippen LogP contribution in [0.15, 0.2) is 18.3 Å². The minimum Gasteiger partial charge on any atom is -0.398 e. The van der Waals surface area contributed by atoms with Gasteiger partial charge < -0.3 is 5.73 Å². The molecule has 0 spiro atoms. The van der Waals surface area contributed by atoms with Crippen molar-refractivity contribution in [3.8, 4) is 0 Å². The molecule has 2 heterocycles. The zero-order valence-electron chi connectivity index (χ0n) is 9.14. The van der Waals surface area contributed by atoms with Crippen LogP contribution in [0.2, 0.25) is 0 Å². The summed E-state index contributed by atoms with van der Waals surface area (Å²) in [6.07, 6.45) is 3.98. The van der Waals surface area contributed by atoms with Crippen LogP contribution < -0.4 is 5.73 Å². The van der Waals surface area contributed by atoms with E-state index in [0.717, 1.165) is 30.0 Å². The highest BCUT2D eigenvalue weighted by Gasteiger charge is 2.08. The maximum Gasteiger partial charge on any atom is 0.160 e. The molecule has 80 valence electrons. The number of hydrogen-bond donors (Lipinski definition) is 1. The first-order chi connectivity index (χ1) is 7.20. The molecule has 0 aromatic carbocycles. The first-order valence-corrected chi connectivity index (χ1v) is 5.30. The lowest BCUT2D eigenvalue weighted by Crippen LogP contribution is -2.03. The topological polar surface area (TPSA) is 56.2 Å². The summed E-state index contributed by atoms with van der Waals surface area (Å²) in [6, 6.07) is 3.74. The lowest BCUT2D eigenvalue weighted by Gasteiger charge is -2.06. The Hall–Kier alpha value is -1.58. The largest absolute Gasteiger partial charge is 0.398 e. The van der Waals surface area contributed by atoms with E-state index >= 15 is 0 Å². The number of nitrogens with zero attached hydrogens (tertiary/aromatic N) is 3. The smallest absolute Gasteiger partial charge is 0.160 e. The van der Waals surface area contributed by atoms with Crippen LogP contribution in [0.5, 0.6) is 0 Å². The summed E-state index contributed by atoms with van der Waals surface area (Å²) in [4.78, 5) is 0. The van der Waals surface area contributed by atoms with Gasteiger partial charge in [-0.3, -0.25) is 4.40 Å². The molecule has 15 heavy (non-hydrogen) atoms. The molecule has 0 radical (unpaired) electrons. The van der Waals surface area contributed by atoms with Crippen molar-refractivity contribution in [1.82, 2.24) is 14.6 Å². The van der Waals surface area contributed by atoms with E-state index < -0.39 is 0 Å². The highest BCUT2D eigenvalue weighted by molar-refractivity contribution is 5.47. The maximum absolute atomic E-state index is 5.74. The van der Waals surface area contributed by atoms with Gasteiger partial charge in [-0.25, -0.2) is 0 Å². The fourth-order valence-electron chi connectivity index (χ4n) is 1.55. The van der Waals surface area contributed by atoms with Crippen LogP contribution in [-0.4, -0.2) is 14.6 Å². The van der Waals surface area contributed by atoms with Crippen molar-refractivity contribution in [2.75, 3.05) is 5.73 Å². The van der Waals surface area contributed by atoms with Crippen LogP contribution in [0.25, 0.3) is 5.65 Å². The predicted octanol–water partition coefficient (Wildman–Crippen LogP) is 1.90. The second kappa shape index (κ2) is 3.88. The van der Waals surface area contributed by atoms with Crippen molar-refractivity contribution in [2.45, 2.75) is 26.7 Å². The number of rotatable bonds is 3. The van der Waals surface area contributed by atoms with Gasteiger partial charge in [0.05, 0.1) is 0 Å². The minimum absolute atomic E-state index is 0.624. The first-order valence-electron chi connectivity index (χ1n) is 5.30. The summed E-state index contributed by atoms with van der Waals surface area (Å²) < 4.78 is 1.97. The SMILES string of the molecule is CCC(C)Cc1nnc2ccc(N)cn12. The Balaban J connectivity index is 2.39. The molecule has 4 nitrogen and oxygen atoms in total. The predicted molar refractivity (Wildman–Crippen MR) is 60.6 cm³/mol. The monoisotopic (exact) mass is 204 g/mol. The van der Waals surface area contributed by atoms with Gasteiger partial charge in [0.1, 0.15) is 5.82 Å². The van der Waals surface area contributed by atoms with Gasteiger partial charge in [-0.2, -0.15) is 0 Å². The van der Waals surface area contributed by atoms with Gasteiger partial charge in [0.2, 0.25) is 0 Å². The molecule has 0 saturated heterocycles. The second-order valence-electron chi connectivity index (χ2n) is 4.02. The van der Waals surface area contributed by atoms with E-state index in [1.807, 2.05) is 22.7 Å². The number of fused-ring (bicyclic) bond motifs is 1. The maximum atomic E-state index is 5.74. The molecular formula is C11H16N4. The number of nitrogen functional groups attached to an aromatic ring is 1. The third-order valence-electron chi connectivity index (χ3n) is 2.72. The van der Waals surface area contributed by atoms with E-state index in [1.165, 1.54) is 0 Å². The Kier molecular flexibility index (Phi) is 2.58. The van der Waals surface area contributed by atoms with Gasteiger partial charge >= 0.3 is 0 Å². The molecular weight excluding hydrogens is 188 g/mol. The van der Waals surface area contributed by atoms with E-state index in [1.54, 1.807) is 0 Å². The lowest BCUT2D eigenvalue weighted by molar-refractivity contribution is 0.540. The van der Waals surface area contributed by atoms with E-state index in [2.05, 4.69) is 24.0 Å². The molecule has 0 fully saturated rings. The Morgan fingerprint density at radius 2 is 2.20 bits per heavy atom. The lowest BCUT2D eigenvalue weighted by atomic mass is 10.1. The van der Waals surface area contributed by atoms with Gasteiger partial charge in [-0.1, -0.05) is 20.3 Å². The van der Waals surface area contributed by atoms with Crippen molar-refractivity contribution < 1.29 is 0 Å². The fourth-order valence-corrected chi connectivity index (χ4v) is 1.55. The first kappa shape index (κ1) is 9.96. The molecule has 2 rings (SSSR count). The summed E-state index contributed by atoms with van der Waals surface area (Å²) in [6.45, 7) is 4.40. The molecule has 0 aliphatic heterocycles. The Morgan fingerprint density at radius 3 is 2.93 bits per heavy atom. The van der Waals surface area contributed by atoms with Gasteiger partial charge in [0.25, 0.3) is 0 Å². The van der Waals surface area contributed by atoms with Crippen LogP contribution in [0, 0.1) is 5.92 Å². The quantitative estimate of drug-likeness (QED) is 0.830. The van der Waals surface area contributed by atoms with Crippen molar-refractivity contribution in [3.05, 3.63) is 24.2 Å². The standard InChI is InChI=1S/C11H16N4/c1-3-8(2)6-11-14-13-10-5-4-9(12)7-15(10)11/h4-5,7-8H,3,6,12H2,1-2H3. The summed E-state index contributed by atoms with van der Waals surface area (Å²) >= 11 is 0.